The van der Waals surface area contributed by atoms with Crippen LogP contribution < -0.4 is 0 Å². The van der Waals surface area contributed by atoms with Crippen LogP contribution in [0.2, 0.25) is 0 Å². The highest BCUT2D eigenvalue weighted by Gasteiger charge is 2.15. The number of rotatable bonds is 4. The minimum atomic E-state index is 0.749. The van der Waals surface area contributed by atoms with Crippen LogP contribution in [-0.2, 0) is 0 Å². The number of thiazole rings is 1. The highest BCUT2D eigenvalue weighted by molar-refractivity contribution is 9.10. The molecule has 0 saturated heterocycles. The van der Waals surface area contributed by atoms with Crippen molar-refractivity contribution in [3.8, 4) is 11.3 Å². The summed E-state index contributed by atoms with van der Waals surface area (Å²) in [6, 6.07) is 17.1. The summed E-state index contributed by atoms with van der Waals surface area (Å²) in [6.45, 7) is 0. The average Bonchev–Trinajstić information content (AvgIpc) is 3.16. The number of benzene rings is 2. The molecule has 26 heavy (non-hydrogen) atoms. The lowest BCUT2D eigenvalue weighted by atomic mass is 9.84. The Hall–Kier alpha value is -1.78. The number of halogens is 1. The quantitative estimate of drug-likeness (QED) is 0.401. The first kappa shape index (κ1) is 17.6. The van der Waals surface area contributed by atoms with Gasteiger partial charge in [-0.15, -0.1) is 11.3 Å². The van der Waals surface area contributed by atoms with Gasteiger partial charge in [0.15, 0.2) is 0 Å². The van der Waals surface area contributed by atoms with Crippen molar-refractivity contribution in [2.45, 2.75) is 38.0 Å². The molecule has 1 aliphatic rings. The summed E-state index contributed by atoms with van der Waals surface area (Å²) in [5.41, 5.74) is 4.72. The molecule has 132 valence electrons. The fourth-order valence-corrected chi connectivity index (χ4v) is 4.62. The van der Waals surface area contributed by atoms with Crippen LogP contribution >= 0.6 is 27.3 Å². The van der Waals surface area contributed by atoms with Crippen molar-refractivity contribution in [1.29, 1.82) is 0 Å². The molecule has 2 nitrogen and oxygen atoms in total. The highest BCUT2D eigenvalue weighted by atomic mass is 79.9. The lowest BCUT2D eigenvalue weighted by molar-refractivity contribution is 0.443. The number of aromatic nitrogens is 1. The van der Waals surface area contributed by atoms with Gasteiger partial charge >= 0.3 is 0 Å². The Balaban J connectivity index is 1.47. The third kappa shape index (κ3) is 4.30. The van der Waals surface area contributed by atoms with Gasteiger partial charge in [-0.25, -0.2) is 9.98 Å². The molecule has 2 aromatic carbocycles. The largest absolute Gasteiger partial charge is 0.227 e. The molecular weight excluding hydrogens is 404 g/mol. The standard InChI is InChI=1S/C22H21BrN2S/c23-20-8-4-5-16(13-20)14-24-22-25-21(15-26-22)19-11-9-18(10-12-19)17-6-2-1-3-7-17/h4-5,8-15,17H,1-3,6-7H2. The molecule has 1 fully saturated rings. The topological polar surface area (TPSA) is 25.2 Å². The Morgan fingerprint density at radius 1 is 1.04 bits per heavy atom. The van der Waals surface area contributed by atoms with Crippen molar-refractivity contribution in [2.75, 3.05) is 0 Å². The summed E-state index contributed by atoms with van der Waals surface area (Å²) in [5, 5.41) is 2.87. The molecule has 4 rings (SSSR count). The lowest BCUT2D eigenvalue weighted by Gasteiger charge is -2.22. The van der Waals surface area contributed by atoms with E-state index in [4.69, 9.17) is 0 Å². The van der Waals surface area contributed by atoms with Crippen molar-refractivity contribution in [3.05, 3.63) is 69.5 Å². The molecule has 0 N–H and O–H groups in total. The molecule has 1 aliphatic carbocycles. The molecule has 0 amide bonds. The first-order valence-corrected chi connectivity index (χ1v) is 10.8. The van der Waals surface area contributed by atoms with Gasteiger partial charge in [0.2, 0.25) is 5.13 Å². The number of hydrogen-bond donors (Lipinski definition) is 0. The third-order valence-electron chi connectivity index (χ3n) is 4.95. The predicted molar refractivity (Wildman–Crippen MR) is 115 cm³/mol. The van der Waals surface area contributed by atoms with E-state index in [1.54, 1.807) is 11.3 Å². The van der Waals surface area contributed by atoms with Crippen LogP contribution in [0.1, 0.15) is 49.1 Å². The molecule has 0 atom stereocenters. The van der Waals surface area contributed by atoms with Crippen LogP contribution in [0.4, 0.5) is 5.13 Å². The lowest BCUT2D eigenvalue weighted by Crippen LogP contribution is -2.04. The summed E-state index contributed by atoms with van der Waals surface area (Å²) in [4.78, 5) is 9.19. The van der Waals surface area contributed by atoms with Crippen molar-refractivity contribution >= 4 is 38.6 Å². The van der Waals surface area contributed by atoms with Gasteiger partial charge in [-0.3, -0.25) is 0 Å². The van der Waals surface area contributed by atoms with E-state index in [2.05, 4.69) is 55.6 Å². The van der Waals surface area contributed by atoms with E-state index in [-0.39, 0.29) is 0 Å². The van der Waals surface area contributed by atoms with Crippen molar-refractivity contribution in [3.63, 3.8) is 0 Å². The Morgan fingerprint density at radius 2 is 1.85 bits per heavy atom. The smallest absolute Gasteiger partial charge is 0.209 e. The van der Waals surface area contributed by atoms with E-state index >= 15 is 0 Å². The molecule has 0 unspecified atom stereocenters. The second-order valence-electron chi connectivity index (χ2n) is 6.79. The van der Waals surface area contributed by atoms with Gasteiger partial charge in [-0.1, -0.05) is 71.6 Å². The van der Waals surface area contributed by atoms with E-state index in [1.165, 1.54) is 43.2 Å². The van der Waals surface area contributed by atoms with E-state index in [9.17, 15) is 0 Å². The number of aliphatic imine (C=N–C) groups is 1. The van der Waals surface area contributed by atoms with Gasteiger partial charge in [0.05, 0.1) is 5.69 Å². The summed E-state index contributed by atoms with van der Waals surface area (Å²) in [5.74, 6) is 0.749. The molecule has 1 aromatic heterocycles. The van der Waals surface area contributed by atoms with Crippen LogP contribution in [-0.4, -0.2) is 11.2 Å². The SMILES string of the molecule is Brc1cccc(C=Nc2nc(-c3ccc(C4CCCCC4)cc3)cs2)c1. The molecular formula is C22H21BrN2S. The zero-order chi connectivity index (χ0) is 17.8. The minimum Gasteiger partial charge on any atom is -0.227 e. The first-order chi connectivity index (χ1) is 12.8. The normalized spacial score (nSPS) is 15.6. The van der Waals surface area contributed by atoms with Crippen LogP contribution in [0, 0.1) is 0 Å². The molecule has 0 radical (unpaired) electrons. The van der Waals surface area contributed by atoms with E-state index in [1.807, 2.05) is 30.5 Å². The maximum atomic E-state index is 4.67. The van der Waals surface area contributed by atoms with Gasteiger partial charge in [-0.2, -0.15) is 0 Å². The second kappa shape index (κ2) is 8.28. The molecule has 3 aromatic rings. The van der Waals surface area contributed by atoms with Crippen molar-refractivity contribution in [2.24, 2.45) is 4.99 Å². The Labute approximate surface area is 167 Å². The average molecular weight is 425 g/mol. The summed E-state index contributed by atoms with van der Waals surface area (Å²) >= 11 is 5.06. The van der Waals surface area contributed by atoms with Gasteiger partial charge < -0.3 is 0 Å². The van der Waals surface area contributed by atoms with Crippen LogP contribution in [0.15, 0.2) is 63.4 Å². The molecule has 4 heteroatoms. The van der Waals surface area contributed by atoms with Crippen molar-refractivity contribution in [1.82, 2.24) is 4.98 Å². The molecule has 1 heterocycles. The second-order valence-corrected chi connectivity index (χ2v) is 8.54. The highest BCUT2D eigenvalue weighted by Crippen LogP contribution is 2.34. The van der Waals surface area contributed by atoms with E-state index in [0.29, 0.717) is 0 Å². The van der Waals surface area contributed by atoms with E-state index in [0.717, 1.165) is 26.8 Å². The Bertz CT molecular complexity index is 893. The summed E-state index contributed by atoms with van der Waals surface area (Å²) in [7, 11) is 0. The van der Waals surface area contributed by atoms with Gasteiger partial charge in [0.25, 0.3) is 0 Å². The summed E-state index contributed by atoms with van der Waals surface area (Å²) < 4.78 is 1.05. The van der Waals surface area contributed by atoms with Gasteiger partial charge in [0, 0.05) is 21.6 Å². The third-order valence-corrected chi connectivity index (χ3v) is 6.19. The Kier molecular flexibility index (Phi) is 5.61. The monoisotopic (exact) mass is 424 g/mol. The van der Waals surface area contributed by atoms with Crippen molar-refractivity contribution < 1.29 is 0 Å². The van der Waals surface area contributed by atoms with Gasteiger partial charge in [0.1, 0.15) is 0 Å². The maximum Gasteiger partial charge on any atom is 0.209 e. The predicted octanol–water partition coefficient (Wildman–Crippen LogP) is 7.37. The first-order valence-electron chi connectivity index (χ1n) is 9.13. The zero-order valence-electron chi connectivity index (χ0n) is 14.6. The van der Waals surface area contributed by atoms with Crippen LogP contribution in [0.3, 0.4) is 0 Å². The van der Waals surface area contributed by atoms with E-state index < -0.39 is 0 Å². The fourth-order valence-electron chi connectivity index (χ4n) is 3.53. The maximum absolute atomic E-state index is 4.67. The number of hydrogen-bond acceptors (Lipinski definition) is 3. The molecule has 0 aliphatic heterocycles. The summed E-state index contributed by atoms with van der Waals surface area (Å²) in [6.07, 6.45) is 8.68. The fraction of sp³-hybridized carbons (Fsp3) is 0.273. The molecule has 0 spiro atoms. The molecule has 0 bridgehead atoms. The van der Waals surface area contributed by atoms with Gasteiger partial charge in [-0.05, 0) is 42.0 Å². The number of nitrogens with zero attached hydrogens (tertiary/aromatic N) is 2. The molecule has 1 saturated carbocycles. The minimum absolute atomic E-state index is 0.749. The zero-order valence-corrected chi connectivity index (χ0v) is 17.0. The van der Waals surface area contributed by atoms with Crippen LogP contribution in [0.5, 0.6) is 0 Å². The Morgan fingerprint density at radius 3 is 2.62 bits per heavy atom. The van der Waals surface area contributed by atoms with Crippen LogP contribution in [0.25, 0.3) is 11.3 Å².